The summed E-state index contributed by atoms with van der Waals surface area (Å²) < 4.78 is 1.42. The topological polar surface area (TPSA) is 84.2 Å². The molecule has 1 aromatic heterocycles. The molecule has 0 aromatic carbocycles. The number of hydrogen-bond acceptors (Lipinski definition) is 5. The molecule has 8 heteroatoms. The molecule has 3 rings (SSSR count). The van der Waals surface area contributed by atoms with Crippen LogP contribution in [-0.2, 0) is 16.1 Å². The standard InChI is InChI=1S/C13H20N6O2/c20-12(9-19-10-14-15-16-19)17-5-7-18(8-6-17)13(21)11-3-1-2-4-11/h10-11H,1-9H2. The van der Waals surface area contributed by atoms with Gasteiger partial charge in [0.1, 0.15) is 12.9 Å². The molecule has 1 saturated heterocycles. The summed E-state index contributed by atoms with van der Waals surface area (Å²) >= 11 is 0. The highest BCUT2D eigenvalue weighted by molar-refractivity contribution is 5.80. The van der Waals surface area contributed by atoms with Crippen LogP contribution in [0.25, 0.3) is 0 Å². The Kier molecular flexibility index (Phi) is 4.12. The third-order valence-corrected chi connectivity index (χ3v) is 4.34. The van der Waals surface area contributed by atoms with Gasteiger partial charge >= 0.3 is 0 Å². The molecule has 0 bridgehead atoms. The highest BCUT2D eigenvalue weighted by Gasteiger charge is 2.30. The summed E-state index contributed by atoms with van der Waals surface area (Å²) in [7, 11) is 0. The van der Waals surface area contributed by atoms with E-state index in [0.29, 0.717) is 26.2 Å². The molecule has 0 atom stereocenters. The van der Waals surface area contributed by atoms with Crippen molar-refractivity contribution < 1.29 is 9.59 Å². The fourth-order valence-corrected chi connectivity index (χ4v) is 3.10. The second-order valence-corrected chi connectivity index (χ2v) is 5.69. The molecule has 8 nitrogen and oxygen atoms in total. The van der Waals surface area contributed by atoms with Gasteiger partial charge < -0.3 is 9.80 Å². The van der Waals surface area contributed by atoms with Crippen molar-refractivity contribution in [3.8, 4) is 0 Å². The van der Waals surface area contributed by atoms with Crippen LogP contribution < -0.4 is 0 Å². The van der Waals surface area contributed by atoms with E-state index in [2.05, 4.69) is 15.5 Å². The minimum absolute atomic E-state index is 0.00438. The highest BCUT2D eigenvalue weighted by Crippen LogP contribution is 2.26. The predicted molar refractivity (Wildman–Crippen MR) is 72.9 cm³/mol. The molecule has 1 saturated carbocycles. The Bertz CT molecular complexity index is 489. The minimum atomic E-state index is -0.00438. The van der Waals surface area contributed by atoms with Crippen molar-refractivity contribution in [3.63, 3.8) is 0 Å². The maximum absolute atomic E-state index is 12.3. The lowest BCUT2D eigenvalue weighted by molar-refractivity contribution is -0.142. The van der Waals surface area contributed by atoms with Gasteiger partial charge in [-0.2, -0.15) is 0 Å². The summed E-state index contributed by atoms with van der Waals surface area (Å²) in [4.78, 5) is 28.1. The van der Waals surface area contributed by atoms with Crippen molar-refractivity contribution in [2.45, 2.75) is 32.2 Å². The van der Waals surface area contributed by atoms with Crippen molar-refractivity contribution in [2.24, 2.45) is 5.92 Å². The normalized spacial score (nSPS) is 20.0. The molecular formula is C13H20N6O2. The van der Waals surface area contributed by atoms with Gasteiger partial charge in [-0.05, 0) is 23.3 Å². The smallest absolute Gasteiger partial charge is 0.244 e. The van der Waals surface area contributed by atoms with Crippen LogP contribution in [0.2, 0.25) is 0 Å². The zero-order chi connectivity index (χ0) is 14.7. The first-order chi connectivity index (χ1) is 10.2. The number of nitrogens with zero attached hydrogens (tertiary/aromatic N) is 6. The fourth-order valence-electron chi connectivity index (χ4n) is 3.10. The molecule has 0 radical (unpaired) electrons. The van der Waals surface area contributed by atoms with E-state index in [-0.39, 0.29) is 24.3 Å². The Morgan fingerprint density at radius 1 is 1.05 bits per heavy atom. The molecule has 2 amide bonds. The van der Waals surface area contributed by atoms with Crippen molar-refractivity contribution >= 4 is 11.8 Å². The highest BCUT2D eigenvalue weighted by atomic mass is 16.2. The number of carbonyl (C=O) groups excluding carboxylic acids is 2. The van der Waals surface area contributed by atoms with E-state index in [0.717, 1.165) is 12.8 Å². The average molecular weight is 292 g/mol. The number of amides is 2. The van der Waals surface area contributed by atoms with Crippen LogP contribution in [0.15, 0.2) is 6.33 Å². The summed E-state index contributed by atoms with van der Waals surface area (Å²) in [6.45, 7) is 2.62. The predicted octanol–water partition coefficient (Wildman–Crippen LogP) is -0.466. The van der Waals surface area contributed by atoms with Gasteiger partial charge in [0.25, 0.3) is 0 Å². The number of carbonyl (C=O) groups is 2. The first-order valence-corrected chi connectivity index (χ1v) is 7.51. The maximum Gasteiger partial charge on any atom is 0.244 e. The molecule has 2 aliphatic rings. The largest absolute Gasteiger partial charge is 0.339 e. The zero-order valence-electron chi connectivity index (χ0n) is 12.0. The number of piperazine rings is 1. The zero-order valence-corrected chi connectivity index (χ0v) is 12.0. The molecule has 0 unspecified atom stereocenters. The van der Waals surface area contributed by atoms with Crippen LogP contribution in [0.4, 0.5) is 0 Å². The molecule has 114 valence electrons. The van der Waals surface area contributed by atoms with Crippen LogP contribution in [0, 0.1) is 5.92 Å². The van der Waals surface area contributed by atoms with Crippen molar-refractivity contribution in [3.05, 3.63) is 6.33 Å². The van der Waals surface area contributed by atoms with Gasteiger partial charge in [-0.1, -0.05) is 12.8 Å². The Labute approximate surface area is 123 Å². The molecule has 1 aliphatic heterocycles. The van der Waals surface area contributed by atoms with E-state index in [1.54, 1.807) is 4.90 Å². The lowest BCUT2D eigenvalue weighted by atomic mass is 10.1. The Hall–Kier alpha value is -1.99. The fraction of sp³-hybridized carbons (Fsp3) is 0.769. The number of aromatic nitrogens is 4. The lowest BCUT2D eigenvalue weighted by Crippen LogP contribution is -2.52. The molecule has 2 fully saturated rings. The molecule has 0 N–H and O–H groups in total. The van der Waals surface area contributed by atoms with Crippen molar-refractivity contribution in [1.82, 2.24) is 30.0 Å². The van der Waals surface area contributed by atoms with E-state index in [4.69, 9.17) is 0 Å². The van der Waals surface area contributed by atoms with Crippen LogP contribution in [0.5, 0.6) is 0 Å². The Morgan fingerprint density at radius 2 is 1.71 bits per heavy atom. The van der Waals surface area contributed by atoms with Crippen LogP contribution in [0.3, 0.4) is 0 Å². The van der Waals surface area contributed by atoms with Crippen LogP contribution in [-0.4, -0.2) is 68.0 Å². The first kappa shape index (κ1) is 14.0. The van der Waals surface area contributed by atoms with Crippen molar-refractivity contribution in [2.75, 3.05) is 26.2 Å². The summed E-state index contributed by atoms with van der Waals surface area (Å²) in [5.41, 5.74) is 0. The number of rotatable bonds is 3. The van der Waals surface area contributed by atoms with Gasteiger partial charge in [-0.3, -0.25) is 9.59 Å². The molecular weight excluding hydrogens is 272 g/mol. The molecule has 1 aromatic rings. The SMILES string of the molecule is O=C(Cn1cnnn1)N1CCN(C(=O)C2CCCC2)CC1. The monoisotopic (exact) mass is 292 g/mol. The van der Waals surface area contributed by atoms with E-state index in [1.807, 2.05) is 4.90 Å². The van der Waals surface area contributed by atoms with E-state index in [9.17, 15) is 9.59 Å². The average Bonchev–Trinajstić information content (AvgIpc) is 3.20. The third-order valence-electron chi connectivity index (χ3n) is 4.34. The van der Waals surface area contributed by atoms with E-state index < -0.39 is 0 Å². The number of hydrogen-bond donors (Lipinski definition) is 0. The maximum atomic E-state index is 12.3. The van der Waals surface area contributed by atoms with Gasteiger partial charge in [-0.25, -0.2) is 4.68 Å². The number of tetrazole rings is 1. The van der Waals surface area contributed by atoms with Crippen molar-refractivity contribution in [1.29, 1.82) is 0 Å². The first-order valence-electron chi connectivity index (χ1n) is 7.51. The molecule has 2 heterocycles. The Balaban J connectivity index is 1.48. The van der Waals surface area contributed by atoms with Crippen LogP contribution in [0.1, 0.15) is 25.7 Å². The third kappa shape index (κ3) is 3.20. The van der Waals surface area contributed by atoms with Gasteiger partial charge in [0.05, 0.1) is 0 Å². The molecule has 1 aliphatic carbocycles. The summed E-state index contributed by atoms with van der Waals surface area (Å²) in [5, 5.41) is 10.7. The quantitative estimate of drug-likeness (QED) is 0.752. The Morgan fingerprint density at radius 3 is 2.33 bits per heavy atom. The minimum Gasteiger partial charge on any atom is -0.339 e. The van der Waals surface area contributed by atoms with Gasteiger partial charge in [0.2, 0.25) is 11.8 Å². The second-order valence-electron chi connectivity index (χ2n) is 5.69. The van der Waals surface area contributed by atoms with Gasteiger partial charge in [0, 0.05) is 32.1 Å². The molecule has 0 spiro atoms. The van der Waals surface area contributed by atoms with E-state index >= 15 is 0 Å². The summed E-state index contributed by atoms with van der Waals surface area (Å²) in [6.07, 6.45) is 5.81. The summed E-state index contributed by atoms with van der Waals surface area (Å²) in [5.74, 6) is 0.490. The van der Waals surface area contributed by atoms with Gasteiger partial charge in [-0.15, -0.1) is 5.10 Å². The second kappa shape index (κ2) is 6.19. The van der Waals surface area contributed by atoms with Gasteiger partial charge in [0.15, 0.2) is 0 Å². The van der Waals surface area contributed by atoms with Crippen LogP contribution >= 0.6 is 0 Å². The summed E-state index contributed by atoms with van der Waals surface area (Å²) in [6, 6.07) is 0. The molecule has 21 heavy (non-hydrogen) atoms. The lowest BCUT2D eigenvalue weighted by Gasteiger charge is -2.36. The van der Waals surface area contributed by atoms with E-state index in [1.165, 1.54) is 23.9 Å².